The quantitative estimate of drug-likeness (QED) is 0.424. The van der Waals surface area contributed by atoms with Gasteiger partial charge in [-0.15, -0.1) is 0 Å². The molecule has 0 aromatic heterocycles. The molecule has 0 spiro atoms. The Labute approximate surface area is 220 Å². The average Bonchev–Trinajstić information content (AvgIpc) is 2.94. The van der Waals surface area contributed by atoms with E-state index in [1.807, 2.05) is 73.3 Å². The fourth-order valence-corrected chi connectivity index (χ4v) is 4.97. The second kappa shape index (κ2) is 13.2. The fourth-order valence-electron chi connectivity index (χ4n) is 4.97. The van der Waals surface area contributed by atoms with Crippen molar-refractivity contribution in [3.63, 3.8) is 0 Å². The van der Waals surface area contributed by atoms with Crippen LogP contribution in [-0.4, -0.2) is 60.9 Å². The summed E-state index contributed by atoms with van der Waals surface area (Å²) < 4.78 is 0. The summed E-state index contributed by atoms with van der Waals surface area (Å²) in [6, 6.07) is 26.3. The minimum Gasteiger partial charge on any atom is -0.339 e. The molecule has 0 bridgehead atoms. The van der Waals surface area contributed by atoms with Crippen LogP contribution in [0.15, 0.2) is 78.9 Å². The van der Waals surface area contributed by atoms with Crippen LogP contribution < -0.4 is 10.6 Å². The Morgan fingerprint density at radius 1 is 0.892 bits per heavy atom. The number of anilines is 1. The van der Waals surface area contributed by atoms with Gasteiger partial charge in [0.1, 0.15) is 0 Å². The maximum absolute atomic E-state index is 12.8. The van der Waals surface area contributed by atoms with E-state index in [9.17, 15) is 9.59 Å². The molecule has 6 heteroatoms. The molecule has 1 aliphatic rings. The first-order valence-electron chi connectivity index (χ1n) is 13.4. The summed E-state index contributed by atoms with van der Waals surface area (Å²) in [5.74, 6) is 0.0782. The molecule has 1 saturated heterocycles. The Hall–Kier alpha value is -3.48. The molecular weight excluding hydrogens is 460 g/mol. The predicted molar refractivity (Wildman–Crippen MR) is 150 cm³/mol. The van der Waals surface area contributed by atoms with Crippen LogP contribution in [0.2, 0.25) is 0 Å². The molecule has 2 N–H and O–H groups in total. The van der Waals surface area contributed by atoms with Crippen molar-refractivity contribution in [2.75, 3.05) is 44.6 Å². The van der Waals surface area contributed by atoms with E-state index in [0.717, 1.165) is 48.6 Å². The third-order valence-corrected chi connectivity index (χ3v) is 7.01. The Morgan fingerprint density at radius 2 is 1.59 bits per heavy atom. The molecule has 0 aliphatic carbocycles. The van der Waals surface area contributed by atoms with Crippen LogP contribution in [0, 0.1) is 0 Å². The summed E-state index contributed by atoms with van der Waals surface area (Å²) in [6.07, 6.45) is 1.16. The van der Waals surface area contributed by atoms with Crippen molar-refractivity contribution in [3.05, 3.63) is 101 Å². The summed E-state index contributed by atoms with van der Waals surface area (Å²) in [5, 5.41) is 6.53. The van der Waals surface area contributed by atoms with Gasteiger partial charge >= 0.3 is 0 Å². The Morgan fingerprint density at radius 3 is 2.27 bits per heavy atom. The minimum atomic E-state index is 0.0130. The van der Waals surface area contributed by atoms with Crippen molar-refractivity contribution in [2.45, 2.75) is 32.7 Å². The first-order chi connectivity index (χ1) is 18.1. The molecule has 4 rings (SSSR count). The Bertz CT molecular complexity index is 1150. The number of rotatable bonds is 10. The lowest BCUT2D eigenvalue weighted by Gasteiger charge is -2.36. The lowest BCUT2D eigenvalue weighted by Crippen LogP contribution is -2.45. The average molecular weight is 499 g/mol. The summed E-state index contributed by atoms with van der Waals surface area (Å²) in [7, 11) is 0. The van der Waals surface area contributed by atoms with Gasteiger partial charge in [-0.3, -0.25) is 14.5 Å². The number of carbonyl (C=O) groups excluding carboxylic acids is 2. The van der Waals surface area contributed by atoms with Crippen molar-refractivity contribution in [1.29, 1.82) is 0 Å². The highest BCUT2D eigenvalue weighted by Crippen LogP contribution is 2.31. The molecule has 6 nitrogen and oxygen atoms in total. The zero-order valence-corrected chi connectivity index (χ0v) is 22.0. The summed E-state index contributed by atoms with van der Waals surface area (Å²) in [4.78, 5) is 29.8. The monoisotopic (exact) mass is 498 g/mol. The van der Waals surface area contributed by atoms with Gasteiger partial charge in [-0.05, 0) is 61.2 Å². The number of carbonyl (C=O) groups is 2. The van der Waals surface area contributed by atoms with Crippen LogP contribution in [0.5, 0.6) is 0 Å². The molecule has 1 heterocycles. The lowest BCUT2D eigenvalue weighted by molar-refractivity contribution is -0.116. The largest absolute Gasteiger partial charge is 0.339 e. The van der Waals surface area contributed by atoms with Crippen molar-refractivity contribution in [1.82, 2.24) is 15.1 Å². The van der Waals surface area contributed by atoms with E-state index in [1.54, 1.807) is 0 Å². The zero-order chi connectivity index (χ0) is 26.0. The molecule has 1 atom stereocenters. The highest BCUT2D eigenvalue weighted by molar-refractivity contribution is 5.94. The van der Waals surface area contributed by atoms with E-state index >= 15 is 0 Å². The SMILES string of the molecule is CCN(CC)C(=O)c1ccc([C@@H](c2cccc(NC(=O)CCc3ccccc3)c2)N2CCNCC2)cc1. The van der Waals surface area contributed by atoms with Gasteiger partial charge in [0.15, 0.2) is 0 Å². The first-order valence-corrected chi connectivity index (χ1v) is 13.4. The van der Waals surface area contributed by atoms with Crippen LogP contribution in [0.1, 0.15) is 53.4 Å². The van der Waals surface area contributed by atoms with E-state index in [2.05, 4.69) is 39.8 Å². The van der Waals surface area contributed by atoms with Crippen LogP contribution in [0.4, 0.5) is 5.69 Å². The number of hydrogen-bond donors (Lipinski definition) is 2. The smallest absolute Gasteiger partial charge is 0.253 e. The van der Waals surface area contributed by atoms with Gasteiger partial charge in [-0.25, -0.2) is 0 Å². The Balaban J connectivity index is 1.53. The van der Waals surface area contributed by atoms with E-state index < -0.39 is 0 Å². The van der Waals surface area contributed by atoms with Gasteiger partial charge in [0.05, 0.1) is 6.04 Å². The van der Waals surface area contributed by atoms with Crippen molar-refractivity contribution < 1.29 is 9.59 Å². The molecule has 0 radical (unpaired) electrons. The van der Waals surface area contributed by atoms with Crippen LogP contribution in [0.25, 0.3) is 0 Å². The van der Waals surface area contributed by atoms with Crippen molar-refractivity contribution in [2.24, 2.45) is 0 Å². The third kappa shape index (κ3) is 7.06. The molecular formula is C31H38N4O2. The lowest BCUT2D eigenvalue weighted by atomic mass is 9.95. The number of benzene rings is 3. The number of aryl methyl sites for hydroxylation is 1. The topological polar surface area (TPSA) is 64.7 Å². The standard InChI is InChI=1S/C31H38N4O2/c1-3-34(4-2)31(37)26-16-14-25(15-17-26)30(35-21-19-32-20-22-35)27-11-8-12-28(23-27)33-29(36)18-13-24-9-6-5-7-10-24/h5-12,14-17,23,30,32H,3-4,13,18-22H2,1-2H3,(H,33,36)/t30-/m0/s1. The first kappa shape index (κ1) is 26.6. The summed E-state index contributed by atoms with van der Waals surface area (Å²) in [5.41, 5.74) is 4.96. The fraction of sp³-hybridized carbons (Fsp3) is 0.355. The highest BCUT2D eigenvalue weighted by atomic mass is 16.2. The maximum atomic E-state index is 12.8. The van der Waals surface area contributed by atoms with Crippen LogP contribution in [0.3, 0.4) is 0 Å². The normalized spacial score (nSPS) is 14.6. The minimum absolute atomic E-state index is 0.0130. The maximum Gasteiger partial charge on any atom is 0.253 e. The molecule has 1 fully saturated rings. The number of amides is 2. The highest BCUT2D eigenvalue weighted by Gasteiger charge is 2.25. The van der Waals surface area contributed by atoms with Gasteiger partial charge in [0, 0.05) is 56.9 Å². The van der Waals surface area contributed by atoms with Crippen LogP contribution in [-0.2, 0) is 11.2 Å². The second-order valence-corrected chi connectivity index (χ2v) is 9.45. The molecule has 0 saturated carbocycles. The van der Waals surface area contributed by atoms with Gasteiger partial charge < -0.3 is 15.5 Å². The van der Waals surface area contributed by atoms with E-state index in [1.165, 1.54) is 0 Å². The zero-order valence-electron chi connectivity index (χ0n) is 22.0. The molecule has 37 heavy (non-hydrogen) atoms. The Kier molecular flexibility index (Phi) is 9.46. The third-order valence-electron chi connectivity index (χ3n) is 7.01. The summed E-state index contributed by atoms with van der Waals surface area (Å²) >= 11 is 0. The van der Waals surface area contributed by atoms with Gasteiger partial charge in [0.25, 0.3) is 5.91 Å². The molecule has 0 unspecified atom stereocenters. The van der Waals surface area contributed by atoms with Crippen LogP contribution >= 0.6 is 0 Å². The molecule has 3 aromatic carbocycles. The summed E-state index contributed by atoms with van der Waals surface area (Å²) in [6.45, 7) is 9.13. The molecule has 1 aliphatic heterocycles. The number of nitrogens with one attached hydrogen (secondary N) is 2. The van der Waals surface area contributed by atoms with Gasteiger partial charge in [-0.2, -0.15) is 0 Å². The second-order valence-electron chi connectivity index (χ2n) is 9.45. The number of hydrogen-bond acceptors (Lipinski definition) is 4. The van der Waals surface area contributed by atoms with Gasteiger partial charge in [0.2, 0.25) is 5.91 Å². The molecule has 2 amide bonds. The number of piperazine rings is 1. The number of nitrogens with zero attached hydrogens (tertiary/aromatic N) is 2. The van der Waals surface area contributed by atoms with Gasteiger partial charge in [-0.1, -0.05) is 54.6 Å². The molecule has 3 aromatic rings. The van der Waals surface area contributed by atoms with E-state index in [-0.39, 0.29) is 17.9 Å². The van der Waals surface area contributed by atoms with Crippen molar-refractivity contribution >= 4 is 17.5 Å². The van der Waals surface area contributed by atoms with E-state index in [4.69, 9.17) is 0 Å². The van der Waals surface area contributed by atoms with Crippen molar-refractivity contribution in [3.8, 4) is 0 Å². The molecule has 194 valence electrons. The predicted octanol–water partition coefficient (Wildman–Crippen LogP) is 4.73. The van der Waals surface area contributed by atoms with E-state index in [0.29, 0.717) is 31.5 Å².